The third kappa shape index (κ3) is 5.09. The fourth-order valence-corrected chi connectivity index (χ4v) is 3.74. The molecule has 0 unspecified atom stereocenters. The molecule has 2 N–H and O–H groups in total. The van der Waals surface area contributed by atoms with Gasteiger partial charge in [-0.3, -0.25) is 0 Å². The molecule has 0 radical (unpaired) electrons. The molecule has 0 aliphatic carbocycles. The molecular formula is C21H20N2O3S2. The van der Waals surface area contributed by atoms with Gasteiger partial charge in [-0.1, -0.05) is 25.1 Å². The SMILES string of the molecule is CCc1cc(C(=O)OC)c(NC(=S)Nc2ccc(Oc3ccccc3)cc2)s1. The molecule has 1 heterocycles. The average molecular weight is 413 g/mol. The Kier molecular flexibility index (Phi) is 6.62. The Morgan fingerprint density at radius 3 is 2.36 bits per heavy atom. The van der Waals surface area contributed by atoms with Crippen LogP contribution in [0.5, 0.6) is 11.5 Å². The second-order valence-electron chi connectivity index (χ2n) is 5.82. The number of thiophene rings is 1. The summed E-state index contributed by atoms with van der Waals surface area (Å²) in [5, 5.41) is 7.27. The molecule has 28 heavy (non-hydrogen) atoms. The molecule has 0 saturated heterocycles. The minimum absolute atomic E-state index is 0.385. The molecule has 0 aliphatic rings. The van der Waals surface area contributed by atoms with Crippen molar-refractivity contribution in [3.63, 3.8) is 0 Å². The van der Waals surface area contributed by atoms with E-state index in [0.29, 0.717) is 15.7 Å². The number of ether oxygens (including phenoxy) is 2. The Morgan fingerprint density at radius 1 is 1.04 bits per heavy atom. The topological polar surface area (TPSA) is 59.6 Å². The number of hydrogen-bond donors (Lipinski definition) is 2. The Morgan fingerprint density at radius 2 is 1.71 bits per heavy atom. The number of para-hydroxylation sites is 1. The maximum absolute atomic E-state index is 12.0. The lowest BCUT2D eigenvalue weighted by atomic mass is 10.2. The van der Waals surface area contributed by atoms with E-state index < -0.39 is 0 Å². The molecule has 0 saturated carbocycles. The zero-order chi connectivity index (χ0) is 19.9. The van der Waals surface area contributed by atoms with Crippen molar-refractivity contribution < 1.29 is 14.3 Å². The molecule has 144 valence electrons. The number of benzene rings is 2. The van der Waals surface area contributed by atoms with E-state index in [1.54, 1.807) is 0 Å². The first-order valence-electron chi connectivity index (χ1n) is 8.71. The minimum atomic E-state index is -0.385. The number of esters is 1. The molecule has 1 aromatic heterocycles. The summed E-state index contributed by atoms with van der Waals surface area (Å²) >= 11 is 6.87. The van der Waals surface area contributed by atoms with Crippen LogP contribution in [0, 0.1) is 0 Å². The lowest BCUT2D eigenvalue weighted by Crippen LogP contribution is -2.19. The summed E-state index contributed by atoms with van der Waals surface area (Å²) in [5.41, 5.74) is 1.30. The predicted octanol–water partition coefficient (Wildman–Crippen LogP) is 5.70. The van der Waals surface area contributed by atoms with Crippen LogP contribution in [0.25, 0.3) is 0 Å². The van der Waals surface area contributed by atoms with Gasteiger partial charge < -0.3 is 20.1 Å². The quantitative estimate of drug-likeness (QED) is 0.400. The number of thiocarbonyl (C=S) groups is 1. The van der Waals surface area contributed by atoms with E-state index in [4.69, 9.17) is 21.7 Å². The van der Waals surface area contributed by atoms with Gasteiger partial charge in [-0.25, -0.2) is 4.79 Å². The van der Waals surface area contributed by atoms with Gasteiger partial charge in [-0.15, -0.1) is 11.3 Å². The van der Waals surface area contributed by atoms with Crippen LogP contribution in [0.2, 0.25) is 0 Å². The number of rotatable bonds is 6. The molecule has 0 aliphatic heterocycles. The van der Waals surface area contributed by atoms with Crippen LogP contribution in [0.15, 0.2) is 60.7 Å². The standard InChI is InChI=1S/C21H20N2O3S2/c1-3-17-13-18(20(24)25-2)19(28-17)23-21(27)22-14-9-11-16(12-10-14)26-15-7-5-4-6-8-15/h4-13H,3H2,1-2H3,(H2,22,23,27). The first-order chi connectivity index (χ1) is 13.6. The number of aryl methyl sites for hydroxylation is 1. The number of carbonyl (C=O) groups excluding carboxylic acids is 1. The van der Waals surface area contributed by atoms with E-state index in [-0.39, 0.29) is 5.97 Å². The van der Waals surface area contributed by atoms with Crippen molar-refractivity contribution in [2.24, 2.45) is 0 Å². The van der Waals surface area contributed by atoms with E-state index in [1.807, 2.05) is 67.6 Å². The Bertz CT molecular complexity index is 954. The van der Waals surface area contributed by atoms with Crippen molar-refractivity contribution in [1.82, 2.24) is 0 Å². The largest absolute Gasteiger partial charge is 0.465 e. The van der Waals surface area contributed by atoms with Gasteiger partial charge in [0.1, 0.15) is 16.5 Å². The fraction of sp³-hybridized carbons (Fsp3) is 0.143. The number of methoxy groups -OCH3 is 1. The molecular weight excluding hydrogens is 392 g/mol. The molecule has 3 aromatic rings. The second kappa shape index (κ2) is 9.34. The van der Waals surface area contributed by atoms with Crippen LogP contribution in [-0.4, -0.2) is 18.2 Å². The summed E-state index contributed by atoms with van der Waals surface area (Å²) < 4.78 is 10.6. The molecule has 3 rings (SSSR count). The molecule has 5 nitrogen and oxygen atoms in total. The highest BCUT2D eigenvalue weighted by molar-refractivity contribution is 7.80. The van der Waals surface area contributed by atoms with Gasteiger partial charge in [0.05, 0.1) is 12.7 Å². The highest BCUT2D eigenvalue weighted by Crippen LogP contribution is 2.29. The Hall–Kier alpha value is -2.90. The van der Waals surface area contributed by atoms with Crippen LogP contribution in [0.4, 0.5) is 10.7 Å². The highest BCUT2D eigenvalue weighted by atomic mass is 32.1. The van der Waals surface area contributed by atoms with Crippen LogP contribution in [-0.2, 0) is 11.2 Å². The normalized spacial score (nSPS) is 10.2. The zero-order valence-electron chi connectivity index (χ0n) is 15.5. The van der Waals surface area contributed by atoms with Crippen LogP contribution >= 0.6 is 23.6 Å². The maximum atomic E-state index is 12.0. The van der Waals surface area contributed by atoms with Gasteiger partial charge in [-0.2, -0.15) is 0 Å². The predicted molar refractivity (Wildman–Crippen MR) is 118 cm³/mol. The van der Waals surface area contributed by atoms with Crippen molar-refractivity contribution in [2.75, 3.05) is 17.7 Å². The van der Waals surface area contributed by atoms with Crippen molar-refractivity contribution in [2.45, 2.75) is 13.3 Å². The number of hydrogen-bond acceptors (Lipinski definition) is 5. The molecule has 0 fully saturated rings. The molecule has 0 amide bonds. The van der Waals surface area contributed by atoms with Crippen LogP contribution in [0.3, 0.4) is 0 Å². The van der Waals surface area contributed by atoms with Crippen molar-refractivity contribution in [3.8, 4) is 11.5 Å². The first kappa shape index (κ1) is 19.9. The van der Waals surface area contributed by atoms with E-state index in [2.05, 4.69) is 10.6 Å². The molecule has 7 heteroatoms. The second-order valence-corrected chi connectivity index (χ2v) is 7.36. The van der Waals surface area contributed by atoms with Crippen LogP contribution < -0.4 is 15.4 Å². The molecule has 0 atom stereocenters. The van der Waals surface area contributed by atoms with E-state index in [0.717, 1.165) is 28.5 Å². The van der Waals surface area contributed by atoms with Crippen LogP contribution in [0.1, 0.15) is 22.2 Å². The minimum Gasteiger partial charge on any atom is -0.465 e. The van der Waals surface area contributed by atoms with E-state index >= 15 is 0 Å². The van der Waals surface area contributed by atoms with Gasteiger partial charge in [-0.05, 0) is 61.1 Å². The lowest BCUT2D eigenvalue weighted by Gasteiger charge is -2.11. The van der Waals surface area contributed by atoms with Gasteiger partial charge in [0.15, 0.2) is 5.11 Å². The molecule has 0 bridgehead atoms. The van der Waals surface area contributed by atoms with E-state index in [1.165, 1.54) is 18.4 Å². The summed E-state index contributed by atoms with van der Waals surface area (Å²) in [5.74, 6) is 1.12. The van der Waals surface area contributed by atoms with Crippen molar-refractivity contribution in [3.05, 3.63) is 71.1 Å². The third-order valence-corrected chi connectivity index (χ3v) is 5.25. The van der Waals surface area contributed by atoms with Crippen molar-refractivity contribution in [1.29, 1.82) is 0 Å². The summed E-state index contributed by atoms with van der Waals surface area (Å²) in [6.45, 7) is 2.03. The monoisotopic (exact) mass is 412 g/mol. The molecule has 0 spiro atoms. The number of anilines is 2. The lowest BCUT2D eigenvalue weighted by molar-refractivity contribution is 0.0602. The zero-order valence-corrected chi connectivity index (χ0v) is 17.2. The summed E-state index contributed by atoms with van der Waals surface area (Å²) in [6.07, 6.45) is 0.833. The third-order valence-electron chi connectivity index (χ3n) is 3.86. The molecule has 2 aromatic carbocycles. The number of carbonyl (C=O) groups is 1. The Balaban J connectivity index is 1.64. The fourth-order valence-electron chi connectivity index (χ4n) is 2.47. The highest BCUT2D eigenvalue weighted by Gasteiger charge is 2.17. The summed E-state index contributed by atoms with van der Waals surface area (Å²) in [7, 11) is 1.37. The van der Waals surface area contributed by atoms with Gasteiger partial charge in [0, 0.05) is 10.6 Å². The summed E-state index contributed by atoms with van der Waals surface area (Å²) in [6, 6.07) is 18.9. The van der Waals surface area contributed by atoms with E-state index in [9.17, 15) is 4.79 Å². The average Bonchev–Trinajstić information content (AvgIpc) is 3.12. The first-order valence-corrected chi connectivity index (χ1v) is 9.93. The Labute approximate surface area is 173 Å². The number of nitrogens with one attached hydrogen (secondary N) is 2. The summed E-state index contributed by atoms with van der Waals surface area (Å²) in [4.78, 5) is 13.0. The smallest absolute Gasteiger partial charge is 0.340 e. The van der Waals surface area contributed by atoms with Gasteiger partial charge in [0.2, 0.25) is 0 Å². The van der Waals surface area contributed by atoms with Gasteiger partial charge >= 0.3 is 5.97 Å². The maximum Gasteiger partial charge on any atom is 0.340 e. The van der Waals surface area contributed by atoms with Gasteiger partial charge in [0.25, 0.3) is 0 Å². The van der Waals surface area contributed by atoms with Crippen molar-refractivity contribution >= 4 is 45.3 Å².